The number of hydrogen-bond donors (Lipinski definition) is 2. The molecule has 0 saturated heterocycles. The number of rotatable bonds is 6. The molecule has 3 aromatic rings. The zero-order chi connectivity index (χ0) is 18.4. The van der Waals surface area contributed by atoms with Gasteiger partial charge in [0.25, 0.3) is 11.8 Å². The topological polar surface area (TPSA) is 107 Å². The first kappa shape index (κ1) is 17.1. The summed E-state index contributed by atoms with van der Waals surface area (Å²) >= 11 is 0. The number of aromatic nitrogens is 2. The predicted molar refractivity (Wildman–Crippen MR) is 96.6 cm³/mol. The van der Waals surface area contributed by atoms with Crippen LogP contribution in [0.5, 0.6) is 5.75 Å². The maximum atomic E-state index is 12.3. The average molecular weight is 348 g/mol. The van der Waals surface area contributed by atoms with Gasteiger partial charge in [0.15, 0.2) is 12.4 Å². The predicted octanol–water partition coefficient (Wildman–Crippen LogP) is 2.26. The van der Waals surface area contributed by atoms with Crippen molar-refractivity contribution in [3.8, 4) is 17.1 Å². The van der Waals surface area contributed by atoms with E-state index in [4.69, 9.17) is 10.5 Å². The third-order valence-electron chi connectivity index (χ3n) is 3.44. The molecule has 1 aromatic heterocycles. The zero-order valence-corrected chi connectivity index (χ0v) is 13.8. The number of anilines is 1. The van der Waals surface area contributed by atoms with Gasteiger partial charge in [-0.2, -0.15) is 0 Å². The van der Waals surface area contributed by atoms with Gasteiger partial charge in [0.05, 0.1) is 18.1 Å². The van der Waals surface area contributed by atoms with Crippen LogP contribution in [0, 0.1) is 0 Å². The van der Waals surface area contributed by atoms with E-state index in [0.717, 1.165) is 5.56 Å². The van der Waals surface area contributed by atoms with Crippen molar-refractivity contribution < 1.29 is 14.3 Å². The Balaban J connectivity index is 1.63. The molecule has 0 aliphatic rings. The summed E-state index contributed by atoms with van der Waals surface area (Å²) in [5, 5.41) is 2.73. The number of benzene rings is 2. The highest BCUT2D eigenvalue weighted by Gasteiger charge is 2.08. The van der Waals surface area contributed by atoms with Crippen LogP contribution in [-0.2, 0) is 4.79 Å². The monoisotopic (exact) mass is 348 g/mol. The molecule has 0 aliphatic heterocycles. The van der Waals surface area contributed by atoms with Gasteiger partial charge in [0, 0.05) is 11.1 Å². The average Bonchev–Trinajstić information content (AvgIpc) is 2.68. The van der Waals surface area contributed by atoms with E-state index in [1.165, 1.54) is 0 Å². The second-order valence-electron chi connectivity index (χ2n) is 5.39. The van der Waals surface area contributed by atoms with Crippen molar-refractivity contribution in [1.29, 1.82) is 0 Å². The first-order valence-electron chi connectivity index (χ1n) is 7.82. The molecule has 0 fully saturated rings. The van der Waals surface area contributed by atoms with Crippen LogP contribution in [0.4, 0.5) is 5.69 Å². The van der Waals surface area contributed by atoms with Crippen molar-refractivity contribution in [1.82, 2.24) is 9.97 Å². The fourth-order valence-electron chi connectivity index (χ4n) is 2.19. The van der Waals surface area contributed by atoms with Crippen LogP contribution in [0.15, 0.2) is 67.0 Å². The molecule has 26 heavy (non-hydrogen) atoms. The standard InChI is InChI=1S/C19H16N4O3/c20-17(24)12-26-16-8-6-14(7-9-16)19(25)23-15-10-21-18(22-11-15)13-4-2-1-3-5-13/h1-11H,12H2,(H2,20,24)(H,23,25). The molecule has 7 heteroatoms. The van der Waals surface area contributed by atoms with E-state index in [1.54, 1.807) is 36.7 Å². The number of nitrogens with zero attached hydrogens (tertiary/aromatic N) is 2. The van der Waals surface area contributed by atoms with Gasteiger partial charge in [0.2, 0.25) is 0 Å². The van der Waals surface area contributed by atoms with E-state index >= 15 is 0 Å². The third kappa shape index (κ3) is 4.41. The molecule has 2 aromatic carbocycles. The number of hydrogen-bond acceptors (Lipinski definition) is 5. The Hall–Kier alpha value is -3.74. The summed E-state index contributed by atoms with van der Waals surface area (Å²) in [6, 6.07) is 15.9. The van der Waals surface area contributed by atoms with Gasteiger partial charge in [-0.25, -0.2) is 9.97 Å². The normalized spacial score (nSPS) is 10.2. The van der Waals surface area contributed by atoms with E-state index in [2.05, 4.69) is 15.3 Å². The van der Waals surface area contributed by atoms with E-state index in [9.17, 15) is 9.59 Å². The Morgan fingerprint density at radius 1 is 0.962 bits per heavy atom. The summed E-state index contributed by atoms with van der Waals surface area (Å²) < 4.78 is 5.15. The highest BCUT2D eigenvalue weighted by Crippen LogP contribution is 2.16. The van der Waals surface area contributed by atoms with Crippen LogP contribution in [0.2, 0.25) is 0 Å². The highest BCUT2D eigenvalue weighted by molar-refractivity contribution is 6.04. The van der Waals surface area contributed by atoms with E-state index in [1.807, 2.05) is 30.3 Å². The van der Waals surface area contributed by atoms with Gasteiger partial charge in [-0.15, -0.1) is 0 Å². The van der Waals surface area contributed by atoms with Crippen molar-refractivity contribution in [2.24, 2.45) is 5.73 Å². The molecule has 130 valence electrons. The Labute approximate surface area is 149 Å². The summed E-state index contributed by atoms with van der Waals surface area (Å²) in [5.41, 5.74) is 6.84. The molecule has 0 atom stereocenters. The molecule has 0 aliphatic carbocycles. The fourth-order valence-corrected chi connectivity index (χ4v) is 2.19. The lowest BCUT2D eigenvalue weighted by Crippen LogP contribution is -2.20. The number of nitrogens with two attached hydrogens (primary N) is 1. The van der Waals surface area contributed by atoms with Crippen molar-refractivity contribution in [3.63, 3.8) is 0 Å². The lowest BCUT2D eigenvalue weighted by molar-refractivity contribution is -0.119. The summed E-state index contributed by atoms with van der Waals surface area (Å²) in [7, 11) is 0. The van der Waals surface area contributed by atoms with Crippen molar-refractivity contribution in [2.75, 3.05) is 11.9 Å². The quantitative estimate of drug-likeness (QED) is 0.710. The maximum Gasteiger partial charge on any atom is 0.255 e. The minimum Gasteiger partial charge on any atom is -0.484 e. The molecular weight excluding hydrogens is 332 g/mol. The van der Waals surface area contributed by atoms with Gasteiger partial charge in [-0.05, 0) is 24.3 Å². The van der Waals surface area contributed by atoms with Crippen LogP contribution >= 0.6 is 0 Å². The van der Waals surface area contributed by atoms with Crippen molar-refractivity contribution in [3.05, 3.63) is 72.6 Å². The first-order chi connectivity index (χ1) is 12.6. The minimum atomic E-state index is -0.564. The third-order valence-corrected chi connectivity index (χ3v) is 3.44. The lowest BCUT2D eigenvalue weighted by atomic mass is 10.2. The molecule has 3 N–H and O–H groups in total. The molecule has 0 bridgehead atoms. The number of carbonyl (C=O) groups is 2. The van der Waals surface area contributed by atoms with Gasteiger partial charge in [0.1, 0.15) is 5.75 Å². The number of carbonyl (C=O) groups excluding carboxylic acids is 2. The lowest BCUT2D eigenvalue weighted by Gasteiger charge is -2.07. The van der Waals surface area contributed by atoms with Gasteiger partial charge < -0.3 is 15.8 Å². The smallest absolute Gasteiger partial charge is 0.255 e. The number of nitrogens with one attached hydrogen (secondary N) is 1. The number of primary amides is 1. The molecule has 7 nitrogen and oxygen atoms in total. The van der Waals surface area contributed by atoms with Crippen LogP contribution in [0.3, 0.4) is 0 Å². The molecule has 0 radical (unpaired) electrons. The van der Waals surface area contributed by atoms with Crippen molar-refractivity contribution >= 4 is 17.5 Å². The SMILES string of the molecule is NC(=O)COc1ccc(C(=O)Nc2cnc(-c3ccccc3)nc2)cc1. The van der Waals surface area contributed by atoms with Gasteiger partial charge in [-0.3, -0.25) is 9.59 Å². The van der Waals surface area contributed by atoms with Crippen LogP contribution in [0.1, 0.15) is 10.4 Å². The summed E-state index contributed by atoms with van der Waals surface area (Å²) in [5.74, 6) is 0.170. The first-order valence-corrected chi connectivity index (χ1v) is 7.82. The Bertz CT molecular complexity index is 894. The van der Waals surface area contributed by atoms with Gasteiger partial charge in [-0.1, -0.05) is 30.3 Å². The zero-order valence-electron chi connectivity index (χ0n) is 13.8. The summed E-state index contributed by atoms with van der Waals surface area (Å²) in [4.78, 5) is 31.5. The van der Waals surface area contributed by atoms with Crippen LogP contribution in [-0.4, -0.2) is 28.4 Å². The molecule has 0 saturated carbocycles. The van der Waals surface area contributed by atoms with Crippen molar-refractivity contribution in [2.45, 2.75) is 0 Å². The molecule has 1 heterocycles. The van der Waals surface area contributed by atoms with E-state index in [0.29, 0.717) is 22.8 Å². The molecule has 0 unspecified atom stereocenters. The van der Waals surface area contributed by atoms with Gasteiger partial charge >= 0.3 is 0 Å². The maximum absolute atomic E-state index is 12.3. The Morgan fingerprint density at radius 2 is 1.62 bits per heavy atom. The Kier molecular flexibility index (Phi) is 5.19. The highest BCUT2D eigenvalue weighted by atomic mass is 16.5. The second kappa shape index (κ2) is 7.89. The number of amides is 2. The van der Waals surface area contributed by atoms with E-state index < -0.39 is 5.91 Å². The van der Waals surface area contributed by atoms with Crippen LogP contribution in [0.25, 0.3) is 11.4 Å². The fraction of sp³-hybridized carbons (Fsp3) is 0.0526. The molecule has 0 spiro atoms. The number of ether oxygens (including phenoxy) is 1. The largest absolute Gasteiger partial charge is 0.484 e. The molecular formula is C19H16N4O3. The minimum absolute atomic E-state index is 0.212. The summed E-state index contributed by atoms with van der Waals surface area (Å²) in [6.45, 7) is -0.212. The molecule has 3 rings (SSSR count). The Morgan fingerprint density at radius 3 is 2.23 bits per heavy atom. The second-order valence-corrected chi connectivity index (χ2v) is 5.39. The van der Waals surface area contributed by atoms with E-state index in [-0.39, 0.29) is 12.5 Å². The van der Waals surface area contributed by atoms with Crippen LogP contribution < -0.4 is 15.8 Å². The summed E-state index contributed by atoms with van der Waals surface area (Å²) in [6.07, 6.45) is 3.11. The molecule has 2 amide bonds.